The van der Waals surface area contributed by atoms with Gasteiger partial charge in [-0.2, -0.15) is 4.31 Å². The molecule has 0 bridgehead atoms. The third-order valence-corrected chi connectivity index (χ3v) is 7.70. The van der Waals surface area contributed by atoms with Gasteiger partial charge in [0, 0.05) is 19.0 Å². The summed E-state index contributed by atoms with van der Waals surface area (Å²) < 4.78 is 54.0. The number of aromatic nitrogens is 2. The van der Waals surface area contributed by atoms with E-state index >= 15 is 0 Å². The molecular weight excluding hydrogens is 450 g/mol. The zero-order chi connectivity index (χ0) is 23.6. The number of halogens is 2. The molecule has 4 rings (SSSR count). The van der Waals surface area contributed by atoms with Crippen molar-refractivity contribution in [3.05, 3.63) is 72.2 Å². The van der Waals surface area contributed by atoms with Gasteiger partial charge in [0.15, 0.2) is 0 Å². The van der Waals surface area contributed by atoms with E-state index < -0.39 is 26.6 Å². The lowest BCUT2D eigenvalue weighted by molar-refractivity contribution is -0.126. The predicted molar refractivity (Wildman–Crippen MR) is 118 cm³/mol. The first-order chi connectivity index (χ1) is 15.8. The van der Waals surface area contributed by atoms with E-state index in [0.717, 1.165) is 27.7 Å². The zero-order valence-electron chi connectivity index (χ0n) is 18.0. The van der Waals surface area contributed by atoms with E-state index in [1.807, 2.05) is 37.3 Å². The number of hydrogen-bond donors (Lipinski definition) is 2. The molecule has 0 aliphatic carbocycles. The minimum absolute atomic E-state index is 0.0453. The highest BCUT2D eigenvalue weighted by atomic mass is 32.2. The molecule has 0 radical (unpaired) electrons. The first-order valence-electron chi connectivity index (χ1n) is 10.6. The average Bonchev–Trinajstić information content (AvgIpc) is 3.32. The summed E-state index contributed by atoms with van der Waals surface area (Å²) in [5.41, 5.74) is 1.83. The number of amides is 1. The molecule has 1 amide bonds. The molecule has 2 aromatic carbocycles. The Morgan fingerprint density at radius 3 is 2.55 bits per heavy atom. The van der Waals surface area contributed by atoms with Gasteiger partial charge in [0.1, 0.15) is 22.4 Å². The Bertz CT molecular complexity index is 1240. The molecule has 1 aliphatic rings. The van der Waals surface area contributed by atoms with Gasteiger partial charge in [0.2, 0.25) is 15.9 Å². The second-order valence-corrected chi connectivity index (χ2v) is 9.94. The lowest BCUT2D eigenvalue weighted by atomic mass is 9.97. The molecule has 2 heterocycles. The van der Waals surface area contributed by atoms with Crippen molar-refractivity contribution >= 4 is 15.9 Å². The maximum Gasteiger partial charge on any atom is 0.246 e. The minimum Gasteiger partial charge on any atom is -0.346 e. The molecule has 1 unspecified atom stereocenters. The van der Waals surface area contributed by atoms with Crippen LogP contribution in [0.15, 0.2) is 59.6 Å². The molecule has 1 fully saturated rings. The average molecular weight is 475 g/mol. The molecular formula is C23H24F2N4O3S. The Labute approximate surface area is 190 Å². The van der Waals surface area contributed by atoms with Crippen molar-refractivity contribution in [1.82, 2.24) is 19.6 Å². The molecule has 174 valence electrons. The monoisotopic (exact) mass is 474 g/mol. The second-order valence-electron chi connectivity index (χ2n) is 8.03. The van der Waals surface area contributed by atoms with Crippen LogP contribution in [0.5, 0.6) is 0 Å². The number of hydrogen-bond acceptors (Lipinski definition) is 4. The quantitative estimate of drug-likeness (QED) is 0.570. The van der Waals surface area contributed by atoms with Gasteiger partial charge in [-0.25, -0.2) is 22.2 Å². The number of nitrogens with one attached hydrogen (secondary N) is 2. The van der Waals surface area contributed by atoms with Crippen molar-refractivity contribution in [2.24, 2.45) is 5.92 Å². The van der Waals surface area contributed by atoms with Gasteiger partial charge in [-0.05, 0) is 43.5 Å². The fourth-order valence-electron chi connectivity index (χ4n) is 3.89. The number of imidazole rings is 1. The van der Waals surface area contributed by atoms with Crippen LogP contribution in [0.4, 0.5) is 8.78 Å². The van der Waals surface area contributed by atoms with E-state index in [0.29, 0.717) is 11.9 Å². The summed E-state index contributed by atoms with van der Waals surface area (Å²) in [7, 11) is -4.18. The Morgan fingerprint density at radius 2 is 1.85 bits per heavy atom. The van der Waals surface area contributed by atoms with Gasteiger partial charge in [-0.3, -0.25) is 4.79 Å². The molecule has 3 aromatic rings. The molecule has 0 spiro atoms. The van der Waals surface area contributed by atoms with Crippen molar-refractivity contribution < 1.29 is 22.0 Å². The van der Waals surface area contributed by atoms with E-state index in [1.165, 1.54) is 0 Å². The smallest absolute Gasteiger partial charge is 0.246 e. The number of nitrogens with zero attached hydrogens (tertiary/aromatic N) is 2. The lowest BCUT2D eigenvalue weighted by Gasteiger charge is -2.31. The largest absolute Gasteiger partial charge is 0.346 e. The fourth-order valence-corrected chi connectivity index (χ4v) is 5.44. The van der Waals surface area contributed by atoms with Crippen LogP contribution in [0.3, 0.4) is 0 Å². The third kappa shape index (κ3) is 4.96. The van der Waals surface area contributed by atoms with Crippen molar-refractivity contribution in [2.75, 3.05) is 13.1 Å². The molecule has 33 heavy (non-hydrogen) atoms. The van der Waals surface area contributed by atoms with Crippen LogP contribution in [0.2, 0.25) is 0 Å². The Morgan fingerprint density at radius 1 is 1.15 bits per heavy atom. The molecule has 1 saturated heterocycles. The molecule has 10 heteroatoms. The van der Waals surface area contributed by atoms with Gasteiger partial charge in [0.05, 0.1) is 17.9 Å². The molecule has 1 aliphatic heterocycles. The summed E-state index contributed by atoms with van der Waals surface area (Å²) in [6.45, 7) is 1.91. The third-order valence-electron chi connectivity index (χ3n) is 5.78. The second kappa shape index (κ2) is 9.40. The number of rotatable bonds is 6. The lowest BCUT2D eigenvalue weighted by Crippen LogP contribution is -2.43. The zero-order valence-corrected chi connectivity index (χ0v) is 18.8. The normalized spacial score (nSPS) is 16.5. The number of carbonyl (C=O) groups excluding carboxylic acids is 1. The first kappa shape index (κ1) is 23.1. The summed E-state index contributed by atoms with van der Waals surface area (Å²) >= 11 is 0. The number of piperidine rings is 1. The maximum absolute atomic E-state index is 14.0. The highest BCUT2D eigenvalue weighted by Gasteiger charge is 2.34. The summed E-state index contributed by atoms with van der Waals surface area (Å²) in [6.07, 6.45) is 2.27. The van der Waals surface area contributed by atoms with E-state index in [4.69, 9.17) is 0 Å². The first-order valence-corrected chi connectivity index (χ1v) is 12.1. The number of benzene rings is 2. The van der Waals surface area contributed by atoms with E-state index in [2.05, 4.69) is 15.3 Å². The summed E-state index contributed by atoms with van der Waals surface area (Å²) in [4.78, 5) is 19.6. The van der Waals surface area contributed by atoms with Crippen LogP contribution in [-0.4, -0.2) is 41.7 Å². The Balaban J connectivity index is 1.36. The molecule has 2 N–H and O–H groups in total. The van der Waals surface area contributed by atoms with Crippen LogP contribution in [0.25, 0.3) is 11.3 Å². The van der Waals surface area contributed by atoms with Gasteiger partial charge in [0.25, 0.3) is 0 Å². The fraction of sp³-hybridized carbons (Fsp3) is 0.304. The van der Waals surface area contributed by atoms with E-state index in [9.17, 15) is 22.0 Å². The minimum atomic E-state index is -4.18. The van der Waals surface area contributed by atoms with Crippen molar-refractivity contribution in [3.63, 3.8) is 0 Å². The topological polar surface area (TPSA) is 95.2 Å². The maximum atomic E-state index is 14.0. The van der Waals surface area contributed by atoms with E-state index in [-0.39, 0.29) is 43.8 Å². The highest BCUT2D eigenvalue weighted by Crippen LogP contribution is 2.27. The number of sulfonamides is 1. The molecule has 7 nitrogen and oxygen atoms in total. The van der Waals surface area contributed by atoms with Gasteiger partial charge < -0.3 is 10.3 Å². The molecule has 0 saturated carbocycles. The summed E-state index contributed by atoms with van der Waals surface area (Å²) in [5.74, 6) is -1.80. The molecule has 1 aromatic heterocycles. The van der Waals surface area contributed by atoms with Crippen molar-refractivity contribution in [2.45, 2.75) is 30.7 Å². The SMILES string of the molecule is CC(NC(=O)C1CCN(S(=O)(=O)c2cc(F)ccc2F)CC1)c1ncc(-c2ccccc2)[nH]1. The van der Waals surface area contributed by atoms with Crippen molar-refractivity contribution in [1.29, 1.82) is 0 Å². The van der Waals surface area contributed by atoms with Crippen LogP contribution in [0.1, 0.15) is 31.6 Å². The highest BCUT2D eigenvalue weighted by molar-refractivity contribution is 7.89. The Hall–Kier alpha value is -3.11. The standard InChI is InChI=1S/C23H24F2N4O3S/c1-15(22-26-14-20(28-22)16-5-3-2-4-6-16)27-23(30)17-9-11-29(12-10-17)33(31,32)21-13-18(24)7-8-19(21)25/h2-8,13-15,17H,9-12H2,1H3,(H,26,28)(H,27,30). The van der Waals surface area contributed by atoms with Crippen LogP contribution in [0, 0.1) is 17.6 Å². The predicted octanol–water partition coefficient (Wildman–Crippen LogP) is 3.63. The summed E-state index contributed by atoms with van der Waals surface area (Å²) in [6, 6.07) is 11.7. The van der Waals surface area contributed by atoms with Crippen LogP contribution in [-0.2, 0) is 14.8 Å². The van der Waals surface area contributed by atoms with Gasteiger partial charge >= 0.3 is 0 Å². The van der Waals surface area contributed by atoms with E-state index in [1.54, 1.807) is 6.20 Å². The summed E-state index contributed by atoms with van der Waals surface area (Å²) in [5, 5.41) is 2.92. The number of carbonyl (C=O) groups is 1. The molecule has 1 atom stereocenters. The Kier molecular flexibility index (Phi) is 6.57. The van der Waals surface area contributed by atoms with Crippen LogP contribution >= 0.6 is 0 Å². The van der Waals surface area contributed by atoms with Crippen LogP contribution < -0.4 is 5.32 Å². The number of aromatic amines is 1. The van der Waals surface area contributed by atoms with Gasteiger partial charge in [-0.15, -0.1) is 0 Å². The number of H-pyrrole nitrogens is 1. The van der Waals surface area contributed by atoms with Gasteiger partial charge in [-0.1, -0.05) is 30.3 Å². The van der Waals surface area contributed by atoms with Crippen molar-refractivity contribution in [3.8, 4) is 11.3 Å².